The van der Waals surface area contributed by atoms with E-state index in [-0.39, 0.29) is 24.1 Å². The maximum Gasteiger partial charge on any atom is 0.573 e. The van der Waals surface area contributed by atoms with Crippen LogP contribution in [0.15, 0.2) is 24.4 Å². The summed E-state index contributed by atoms with van der Waals surface area (Å²) in [4.78, 5) is 29.8. The molecule has 1 fully saturated rings. The van der Waals surface area contributed by atoms with Gasteiger partial charge in [-0.05, 0) is 17.7 Å². The summed E-state index contributed by atoms with van der Waals surface area (Å²) in [5.41, 5.74) is 5.33. The van der Waals surface area contributed by atoms with Crippen LogP contribution in [0.1, 0.15) is 11.3 Å². The van der Waals surface area contributed by atoms with Gasteiger partial charge in [-0.3, -0.25) is 9.78 Å². The van der Waals surface area contributed by atoms with Gasteiger partial charge in [0, 0.05) is 25.4 Å². The number of hydrogen-bond donors (Lipinski definition) is 1. The molecule has 0 saturated carbocycles. The lowest BCUT2D eigenvalue weighted by molar-refractivity contribution is -0.276. The van der Waals surface area contributed by atoms with Crippen LogP contribution < -0.4 is 15.4 Å². The summed E-state index contributed by atoms with van der Waals surface area (Å²) in [5, 5.41) is 0. The van der Waals surface area contributed by atoms with Crippen LogP contribution in [0.5, 0.6) is 5.75 Å². The molecule has 2 aromatic rings. The van der Waals surface area contributed by atoms with Crippen molar-refractivity contribution < 1.29 is 40.7 Å². The molecule has 0 unspecified atom stereocenters. The van der Waals surface area contributed by atoms with Crippen LogP contribution in [0.3, 0.4) is 0 Å². The molecule has 0 atom stereocenters. The second-order valence-corrected chi connectivity index (χ2v) is 6.11. The molecule has 1 aliphatic rings. The van der Waals surface area contributed by atoms with Crippen LogP contribution in [0.4, 0.5) is 36.8 Å². The number of imide groups is 1. The molecule has 13 heteroatoms. The number of carbonyl (C=O) groups is 2. The highest BCUT2D eigenvalue weighted by molar-refractivity contribution is 6.19. The number of benzene rings is 1. The Morgan fingerprint density at radius 3 is 2.47 bits per heavy atom. The van der Waals surface area contributed by atoms with Gasteiger partial charge in [0.2, 0.25) is 11.6 Å². The molecule has 2 N–H and O–H groups in total. The van der Waals surface area contributed by atoms with Crippen LogP contribution in [-0.2, 0) is 17.9 Å². The highest BCUT2D eigenvalue weighted by Crippen LogP contribution is 2.36. The summed E-state index contributed by atoms with van der Waals surface area (Å²) in [6, 6.07) is 2.05. The maximum absolute atomic E-state index is 14.3. The van der Waals surface area contributed by atoms with Crippen LogP contribution in [0.25, 0.3) is 0 Å². The smallest absolute Gasteiger partial charge is 0.399 e. The minimum absolute atomic E-state index is 0.0811. The van der Waals surface area contributed by atoms with Crippen molar-refractivity contribution in [2.24, 2.45) is 5.73 Å². The molecule has 1 saturated heterocycles. The number of rotatable bonds is 5. The number of ether oxygens (including phenoxy) is 1. The van der Waals surface area contributed by atoms with E-state index in [2.05, 4.69) is 9.72 Å². The minimum atomic E-state index is -5.49. The highest BCUT2D eigenvalue weighted by Gasteiger charge is 2.41. The number of nitrogens with two attached hydrogens (primary N) is 1. The number of pyridine rings is 1. The fourth-order valence-corrected chi connectivity index (χ4v) is 2.81. The average molecular weight is 434 g/mol. The van der Waals surface area contributed by atoms with Crippen LogP contribution in [0, 0.1) is 17.5 Å². The normalized spacial score (nSPS) is 14.6. The standard InChI is InChI=1S/C17H12F6N4O3/c18-10-4-11(13(19)14(20)15(10)30-17(21,22)23)27-12(28)7-26(16(27)29)6-8-1-2-25-9(3-8)5-24/h1-4H,5-7,24H2. The molecule has 2 heterocycles. The SMILES string of the molecule is NCc1cc(CN2CC(=O)N(c3cc(F)c(OC(F)(F)F)c(F)c3F)C2=O)ccn1. The lowest BCUT2D eigenvalue weighted by atomic mass is 10.2. The first kappa shape index (κ1) is 21.4. The summed E-state index contributed by atoms with van der Waals surface area (Å²) in [5.74, 6) is -9.39. The van der Waals surface area contributed by atoms with E-state index in [4.69, 9.17) is 5.73 Å². The number of aromatic nitrogens is 1. The van der Waals surface area contributed by atoms with E-state index in [1.165, 1.54) is 12.3 Å². The second kappa shape index (κ2) is 7.82. The number of halogens is 6. The van der Waals surface area contributed by atoms with Gasteiger partial charge in [0.05, 0.1) is 11.4 Å². The summed E-state index contributed by atoms with van der Waals surface area (Å²) < 4.78 is 82.1. The van der Waals surface area contributed by atoms with Gasteiger partial charge in [0.15, 0.2) is 11.6 Å². The Balaban J connectivity index is 1.90. The number of urea groups is 1. The number of anilines is 1. The number of hydrogen-bond acceptors (Lipinski definition) is 5. The van der Waals surface area contributed by atoms with Crippen molar-refractivity contribution in [2.45, 2.75) is 19.5 Å². The van der Waals surface area contributed by atoms with E-state index in [9.17, 15) is 35.9 Å². The molecule has 3 amide bonds. The van der Waals surface area contributed by atoms with Crippen molar-refractivity contribution in [3.8, 4) is 5.75 Å². The van der Waals surface area contributed by atoms with Gasteiger partial charge in [-0.2, -0.15) is 4.39 Å². The fraction of sp³-hybridized carbons (Fsp3) is 0.235. The van der Waals surface area contributed by atoms with Gasteiger partial charge in [-0.1, -0.05) is 0 Å². The predicted octanol–water partition coefficient (Wildman–Crippen LogP) is 2.83. The average Bonchev–Trinajstić information content (AvgIpc) is 2.94. The monoisotopic (exact) mass is 434 g/mol. The first-order valence-electron chi connectivity index (χ1n) is 8.20. The third kappa shape index (κ3) is 4.15. The maximum atomic E-state index is 14.3. The van der Waals surface area contributed by atoms with E-state index in [1.807, 2.05) is 0 Å². The topological polar surface area (TPSA) is 88.8 Å². The lowest BCUT2D eigenvalue weighted by Crippen LogP contribution is -2.34. The zero-order valence-electron chi connectivity index (χ0n) is 14.8. The Morgan fingerprint density at radius 2 is 1.83 bits per heavy atom. The van der Waals surface area contributed by atoms with E-state index in [1.54, 1.807) is 6.07 Å². The molecule has 0 bridgehead atoms. The molecule has 0 radical (unpaired) electrons. The molecule has 1 aromatic carbocycles. The Bertz CT molecular complexity index is 1010. The van der Waals surface area contributed by atoms with Gasteiger partial charge in [0.1, 0.15) is 6.54 Å². The summed E-state index contributed by atoms with van der Waals surface area (Å²) >= 11 is 0. The van der Waals surface area contributed by atoms with Crippen molar-refractivity contribution in [3.05, 3.63) is 53.1 Å². The van der Waals surface area contributed by atoms with Crippen molar-refractivity contribution in [2.75, 3.05) is 11.4 Å². The van der Waals surface area contributed by atoms with Crippen LogP contribution in [0.2, 0.25) is 0 Å². The van der Waals surface area contributed by atoms with Crippen molar-refractivity contribution in [3.63, 3.8) is 0 Å². The summed E-state index contributed by atoms with van der Waals surface area (Å²) in [7, 11) is 0. The van der Waals surface area contributed by atoms with Crippen LogP contribution in [-0.4, -0.2) is 34.7 Å². The van der Waals surface area contributed by atoms with E-state index >= 15 is 0 Å². The Labute approximate surface area is 164 Å². The van der Waals surface area contributed by atoms with Crippen LogP contribution >= 0.6 is 0 Å². The second-order valence-electron chi connectivity index (χ2n) is 6.11. The molecule has 1 aliphatic heterocycles. The first-order chi connectivity index (χ1) is 14.0. The molecule has 30 heavy (non-hydrogen) atoms. The molecule has 160 valence electrons. The number of carbonyl (C=O) groups excluding carboxylic acids is 2. The molecule has 0 spiro atoms. The van der Waals surface area contributed by atoms with Gasteiger partial charge >= 0.3 is 12.4 Å². The van der Waals surface area contributed by atoms with Gasteiger partial charge in [-0.15, -0.1) is 13.2 Å². The number of alkyl halides is 3. The summed E-state index contributed by atoms with van der Waals surface area (Å²) in [6.07, 6.45) is -4.07. The molecule has 1 aromatic heterocycles. The molecular weight excluding hydrogens is 422 g/mol. The third-order valence-electron chi connectivity index (χ3n) is 4.06. The molecule has 7 nitrogen and oxygen atoms in total. The molecule has 0 aliphatic carbocycles. The Morgan fingerprint density at radius 1 is 1.13 bits per heavy atom. The minimum Gasteiger partial charge on any atom is -0.399 e. The lowest BCUT2D eigenvalue weighted by Gasteiger charge is -2.19. The van der Waals surface area contributed by atoms with E-state index in [0.717, 1.165) is 4.90 Å². The Hall–Kier alpha value is -3.35. The zero-order chi connectivity index (χ0) is 22.2. The predicted molar refractivity (Wildman–Crippen MR) is 88.4 cm³/mol. The number of nitrogens with zero attached hydrogens (tertiary/aromatic N) is 3. The molecule has 3 rings (SSSR count). The molecular formula is C17H12F6N4O3. The third-order valence-corrected chi connectivity index (χ3v) is 4.06. The van der Waals surface area contributed by atoms with Gasteiger partial charge in [-0.25, -0.2) is 18.5 Å². The first-order valence-corrected chi connectivity index (χ1v) is 8.20. The summed E-state index contributed by atoms with van der Waals surface area (Å²) in [6.45, 7) is -0.565. The van der Waals surface area contributed by atoms with Crippen molar-refractivity contribution >= 4 is 17.6 Å². The Kier molecular flexibility index (Phi) is 5.57. The highest BCUT2D eigenvalue weighted by atomic mass is 19.4. The zero-order valence-corrected chi connectivity index (χ0v) is 14.8. The fourth-order valence-electron chi connectivity index (χ4n) is 2.81. The largest absolute Gasteiger partial charge is 0.573 e. The van der Waals surface area contributed by atoms with Crippen molar-refractivity contribution in [1.29, 1.82) is 0 Å². The quantitative estimate of drug-likeness (QED) is 0.444. The van der Waals surface area contributed by atoms with Gasteiger partial charge in [0.25, 0.3) is 5.91 Å². The van der Waals surface area contributed by atoms with Gasteiger partial charge < -0.3 is 15.4 Å². The number of amides is 3. The van der Waals surface area contributed by atoms with Crippen molar-refractivity contribution in [1.82, 2.24) is 9.88 Å². The van der Waals surface area contributed by atoms with E-state index in [0.29, 0.717) is 11.3 Å². The van der Waals surface area contributed by atoms with E-state index < -0.39 is 53.7 Å².